The van der Waals surface area contributed by atoms with Gasteiger partial charge in [0.15, 0.2) is 11.6 Å². The van der Waals surface area contributed by atoms with Gasteiger partial charge in [0.25, 0.3) is 0 Å². The van der Waals surface area contributed by atoms with Crippen molar-refractivity contribution in [3.8, 4) is 5.75 Å². The molecule has 19 heavy (non-hydrogen) atoms. The van der Waals surface area contributed by atoms with Crippen LogP contribution in [-0.4, -0.2) is 7.11 Å². The molecule has 0 aliphatic heterocycles. The summed E-state index contributed by atoms with van der Waals surface area (Å²) in [6, 6.07) is 10.3. The van der Waals surface area contributed by atoms with E-state index in [1.54, 1.807) is 12.1 Å². The molecule has 0 amide bonds. The molecule has 0 saturated carbocycles. The van der Waals surface area contributed by atoms with Crippen LogP contribution in [0, 0.1) is 12.7 Å². The fraction of sp³-hybridized carbons (Fsp3) is 0.200. The van der Waals surface area contributed by atoms with E-state index in [-0.39, 0.29) is 5.75 Å². The van der Waals surface area contributed by atoms with Gasteiger partial charge in [-0.05, 0) is 41.8 Å². The molecular formula is C15H13Cl2FO. The Morgan fingerprint density at radius 1 is 1.16 bits per heavy atom. The lowest BCUT2D eigenvalue weighted by atomic mass is 10.0. The fourth-order valence-electron chi connectivity index (χ4n) is 1.86. The van der Waals surface area contributed by atoms with Crippen molar-refractivity contribution in [1.82, 2.24) is 0 Å². The number of methoxy groups -OCH3 is 1. The highest BCUT2D eigenvalue weighted by Crippen LogP contribution is 2.35. The average molecular weight is 299 g/mol. The Bertz CT molecular complexity index is 599. The minimum atomic E-state index is -0.492. The van der Waals surface area contributed by atoms with Crippen molar-refractivity contribution < 1.29 is 9.13 Å². The van der Waals surface area contributed by atoms with Crippen molar-refractivity contribution in [3.05, 3.63) is 63.9 Å². The topological polar surface area (TPSA) is 9.23 Å². The van der Waals surface area contributed by atoms with Crippen molar-refractivity contribution in [2.45, 2.75) is 12.3 Å². The average Bonchev–Trinajstić information content (AvgIpc) is 2.38. The zero-order valence-corrected chi connectivity index (χ0v) is 12.1. The second-order valence-electron chi connectivity index (χ2n) is 4.28. The van der Waals surface area contributed by atoms with E-state index in [9.17, 15) is 4.39 Å². The minimum Gasteiger partial charge on any atom is -0.494 e. The number of alkyl halides is 1. The van der Waals surface area contributed by atoms with E-state index < -0.39 is 11.2 Å². The van der Waals surface area contributed by atoms with E-state index in [0.29, 0.717) is 10.6 Å². The first-order valence-electron chi connectivity index (χ1n) is 5.76. The van der Waals surface area contributed by atoms with E-state index in [0.717, 1.165) is 11.1 Å². The smallest absolute Gasteiger partial charge is 0.165 e. The van der Waals surface area contributed by atoms with Crippen LogP contribution in [0.3, 0.4) is 0 Å². The quantitative estimate of drug-likeness (QED) is 0.714. The highest BCUT2D eigenvalue weighted by molar-refractivity contribution is 6.33. The molecule has 0 radical (unpaired) electrons. The third kappa shape index (κ3) is 3.02. The van der Waals surface area contributed by atoms with Crippen molar-refractivity contribution in [2.24, 2.45) is 0 Å². The van der Waals surface area contributed by atoms with Crippen LogP contribution >= 0.6 is 23.2 Å². The minimum absolute atomic E-state index is 0.197. The van der Waals surface area contributed by atoms with E-state index in [1.807, 2.05) is 25.1 Å². The van der Waals surface area contributed by atoms with Gasteiger partial charge in [0.1, 0.15) is 0 Å². The number of hydrogen-bond donors (Lipinski definition) is 0. The molecule has 0 fully saturated rings. The van der Waals surface area contributed by atoms with Crippen molar-refractivity contribution in [3.63, 3.8) is 0 Å². The molecular weight excluding hydrogens is 286 g/mol. The summed E-state index contributed by atoms with van der Waals surface area (Å²) in [4.78, 5) is 0. The van der Waals surface area contributed by atoms with Gasteiger partial charge >= 0.3 is 0 Å². The maximum absolute atomic E-state index is 13.7. The lowest BCUT2D eigenvalue weighted by Gasteiger charge is -2.13. The summed E-state index contributed by atoms with van der Waals surface area (Å²) in [5.41, 5.74) is 2.46. The van der Waals surface area contributed by atoms with Gasteiger partial charge in [-0.1, -0.05) is 29.8 Å². The largest absolute Gasteiger partial charge is 0.494 e. The standard InChI is InChI=1S/C15H13Cl2FO/c1-9-3-5-11(12(16)7-9)15(17)10-4-6-14(19-2)13(18)8-10/h3-8,15H,1-2H3. The maximum atomic E-state index is 13.7. The van der Waals surface area contributed by atoms with Gasteiger partial charge < -0.3 is 4.74 Å². The molecule has 0 heterocycles. The van der Waals surface area contributed by atoms with Crippen molar-refractivity contribution in [1.29, 1.82) is 0 Å². The molecule has 0 aliphatic rings. The molecule has 0 aromatic heterocycles. The Kier molecular flexibility index (Phi) is 4.33. The first-order chi connectivity index (χ1) is 9.02. The van der Waals surface area contributed by atoms with Crippen LogP contribution in [0.5, 0.6) is 5.75 Å². The van der Waals surface area contributed by atoms with Gasteiger partial charge in [0, 0.05) is 5.02 Å². The van der Waals surface area contributed by atoms with E-state index >= 15 is 0 Å². The number of aryl methyl sites for hydroxylation is 1. The summed E-state index contributed by atoms with van der Waals surface area (Å²) in [5, 5.41) is 0.0877. The zero-order valence-electron chi connectivity index (χ0n) is 10.6. The van der Waals surface area contributed by atoms with E-state index in [1.165, 1.54) is 13.2 Å². The number of halogens is 3. The fourth-order valence-corrected chi connectivity index (χ4v) is 2.58. The molecule has 1 atom stereocenters. The molecule has 4 heteroatoms. The molecule has 2 rings (SSSR count). The lowest BCUT2D eigenvalue weighted by molar-refractivity contribution is 0.386. The van der Waals surface area contributed by atoms with Gasteiger partial charge in [0.2, 0.25) is 0 Å². The van der Waals surface area contributed by atoms with Crippen molar-refractivity contribution in [2.75, 3.05) is 7.11 Å². The summed E-state index contributed by atoms with van der Waals surface area (Å²) < 4.78 is 18.6. The van der Waals surface area contributed by atoms with Crippen LogP contribution in [0.15, 0.2) is 36.4 Å². The molecule has 100 valence electrons. The number of hydrogen-bond acceptors (Lipinski definition) is 1. The first kappa shape index (κ1) is 14.2. The Balaban J connectivity index is 2.38. The van der Waals surface area contributed by atoms with Gasteiger partial charge in [0.05, 0.1) is 12.5 Å². The third-order valence-electron chi connectivity index (χ3n) is 2.90. The third-order valence-corrected chi connectivity index (χ3v) is 3.71. The van der Waals surface area contributed by atoms with Gasteiger partial charge in [-0.3, -0.25) is 0 Å². The van der Waals surface area contributed by atoms with Crippen LogP contribution < -0.4 is 4.74 Å². The van der Waals surface area contributed by atoms with E-state index in [4.69, 9.17) is 27.9 Å². The lowest BCUT2D eigenvalue weighted by Crippen LogP contribution is -1.97. The van der Waals surface area contributed by atoms with Crippen LogP contribution in [-0.2, 0) is 0 Å². The molecule has 0 bridgehead atoms. The normalized spacial score (nSPS) is 12.3. The predicted octanol–water partition coefficient (Wildman–Crippen LogP) is 5.12. The summed E-state index contributed by atoms with van der Waals surface area (Å²) in [6.07, 6.45) is 0. The Hall–Kier alpha value is -1.25. The molecule has 0 aliphatic carbocycles. The predicted molar refractivity (Wildman–Crippen MR) is 76.8 cm³/mol. The van der Waals surface area contributed by atoms with Gasteiger partial charge in [-0.2, -0.15) is 0 Å². The highest BCUT2D eigenvalue weighted by Gasteiger charge is 2.16. The van der Waals surface area contributed by atoms with Crippen molar-refractivity contribution >= 4 is 23.2 Å². The summed E-state index contributed by atoms with van der Waals surface area (Å²) in [6.45, 7) is 1.95. The van der Waals surface area contributed by atoms with Crippen LogP contribution in [0.4, 0.5) is 4.39 Å². The summed E-state index contributed by atoms with van der Waals surface area (Å²) in [7, 11) is 1.42. The van der Waals surface area contributed by atoms with Gasteiger partial charge in [-0.15, -0.1) is 11.6 Å². The second kappa shape index (κ2) is 5.81. The van der Waals surface area contributed by atoms with Gasteiger partial charge in [-0.25, -0.2) is 4.39 Å². The highest BCUT2D eigenvalue weighted by atomic mass is 35.5. The molecule has 0 N–H and O–H groups in total. The zero-order chi connectivity index (χ0) is 14.0. The summed E-state index contributed by atoms with van der Waals surface area (Å²) in [5.74, 6) is -0.239. The molecule has 1 unspecified atom stereocenters. The molecule has 0 spiro atoms. The molecule has 1 nitrogen and oxygen atoms in total. The monoisotopic (exact) mass is 298 g/mol. The van der Waals surface area contributed by atoms with E-state index in [2.05, 4.69) is 0 Å². The number of rotatable bonds is 3. The summed E-state index contributed by atoms with van der Waals surface area (Å²) >= 11 is 12.5. The van der Waals surface area contributed by atoms with Crippen LogP contribution in [0.25, 0.3) is 0 Å². The molecule has 0 saturated heterocycles. The second-order valence-corrected chi connectivity index (χ2v) is 5.13. The maximum Gasteiger partial charge on any atom is 0.165 e. The van der Waals surface area contributed by atoms with Crippen LogP contribution in [0.1, 0.15) is 22.1 Å². The number of benzene rings is 2. The first-order valence-corrected chi connectivity index (χ1v) is 6.58. The molecule has 2 aromatic carbocycles. The Labute approximate surface area is 121 Å². The van der Waals surface area contributed by atoms with Crippen LogP contribution in [0.2, 0.25) is 5.02 Å². The SMILES string of the molecule is COc1ccc(C(Cl)c2ccc(C)cc2Cl)cc1F. The number of ether oxygens (including phenoxy) is 1. The Morgan fingerprint density at radius 3 is 2.47 bits per heavy atom. The molecule has 2 aromatic rings. The Morgan fingerprint density at radius 2 is 1.89 bits per heavy atom.